The third-order valence-corrected chi connectivity index (χ3v) is 4.30. The number of guanidine groups is 1. The first-order valence-corrected chi connectivity index (χ1v) is 9.64. The topological polar surface area (TPSA) is 65.5 Å². The Kier molecular flexibility index (Phi) is 11.6. The van der Waals surface area contributed by atoms with E-state index in [-0.39, 0.29) is 29.9 Å². The summed E-state index contributed by atoms with van der Waals surface area (Å²) >= 11 is 6.20. The molecule has 0 heterocycles. The first kappa shape index (κ1) is 24.2. The van der Waals surface area contributed by atoms with Gasteiger partial charge in [0.25, 0.3) is 5.91 Å². The number of carbonyl (C=O) groups excluding carboxylic acids is 1. The molecule has 28 heavy (non-hydrogen) atoms. The summed E-state index contributed by atoms with van der Waals surface area (Å²) in [6, 6.07) is 15.4. The fourth-order valence-corrected chi connectivity index (χ4v) is 2.83. The van der Waals surface area contributed by atoms with E-state index in [2.05, 4.69) is 20.9 Å². The Hall–Kier alpha value is -1.80. The van der Waals surface area contributed by atoms with Crippen LogP contribution in [0.3, 0.4) is 0 Å². The molecule has 0 saturated heterocycles. The van der Waals surface area contributed by atoms with Crippen LogP contribution in [0, 0.1) is 0 Å². The van der Waals surface area contributed by atoms with Crippen molar-refractivity contribution < 1.29 is 4.79 Å². The second-order valence-electron chi connectivity index (χ2n) is 6.02. The van der Waals surface area contributed by atoms with Crippen molar-refractivity contribution in [2.24, 2.45) is 4.99 Å². The standard InChI is InChI=1S/C21H27ClN4O.HI/c1-3-23-20(27)18-10-7-8-16(14-18)15-26-21(24-4-2)25-13-12-17-9-5-6-11-19(17)22;/h5-11,14H,3-4,12-13,15H2,1-2H3,(H,23,27)(H2,24,25,26);1H. The molecule has 2 aromatic carbocycles. The van der Waals surface area contributed by atoms with Crippen molar-refractivity contribution >= 4 is 47.4 Å². The lowest BCUT2D eigenvalue weighted by molar-refractivity contribution is 0.0955. The van der Waals surface area contributed by atoms with Gasteiger partial charge in [-0.1, -0.05) is 41.9 Å². The summed E-state index contributed by atoms with van der Waals surface area (Å²) in [5.41, 5.74) is 2.75. The maximum absolute atomic E-state index is 12.0. The number of amides is 1. The SMILES string of the molecule is CCNC(=O)c1cccc(CN=C(NCC)NCCc2ccccc2Cl)c1.I. The lowest BCUT2D eigenvalue weighted by Gasteiger charge is -2.12. The lowest BCUT2D eigenvalue weighted by Crippen LogP contribution is -2.38. The molecule has 1 amide bonds. The molecule has 0 saturated carbocycles. The molecule has 2 aromatic rings. The molecule has 5 nitrogen and oxygen atoms in total. The molecule has 0 unspecified atom stereocenters. The highest BCUT2D eigenvalue weighted by Crippen LogP contribution is 2.14. The molecule has 0 aliphatic heterocycles. The van der Waals surface area contributed by atoms with Gasteiger partial charge in [-0.2, -0.15) is 0 Å². The van der Waals surface area contributed by atoms with Crippen molar-refractivity contribution in [1.29, 1.82) is 0 Å². The molecule has 0 radical (unpaired) electrons. The summed E-state index contributed by atoms with van der Waals surface area (Å²) in [7, 11) is 0. The van der Waals surface area contributed by atoms with Crippen molar-refractivity contribution in [3.8, 4) is 0 Å². The van der Waals surface area contributed by atoms with E-state index in [1.807, 2.05) is 62.4 Å². The average Bonchev–Trinajstić information content (AvgIpc) is 2.68. The lowest BCUT2D eigenvalue weighted by atomic mass is 10.1. The number of benzene rings is 2. The summed E-state index contributed by atoms with van der Waals surface area (Å²) < 4.78 is 0. The summed E-state index contributed by atoms with van der Waals surface area (Å²) in [6.07, 6.45) is 0.816. The van der Waals surface area contributed by atoms with Gasteiger partial charge in [0, 0.05) is 30.2 Å². The van der Waals surface area contributed by atoms with E-state index in [0.29, 0.717) is 18.7 Å². The van der Waals surface area contributed by atoms with Crippen LogP contribution in [-0.4, -0.2) is 31.5 Å². The van der Waals surface area contributed by atoms with Gasteiger partial charge in [-0.05, 0) is 49.6 Å². The van der Waals surface area contributed by atoms with Gasteiger partial charge in [0.1, 0.15) is 0 Å². The summed E-state index contributed by atoms with van der Waals surface area (Å²) in [5, 5.41) is 10.2. The smallest absolute Gasteiger partial charge is 0.251 e. The van der Waals surface area contributed by atoms with Crippen LogP contribution in [0.2, 0.25) is 5.02 Å². The maximum atomic E-state index is 12.0. The minimum Gasteiger partial charge on any atom is -0.357 e. The van der Waals surface area contributed by atoms with Gasteiger partial charge in [-0.25, -0.2) is 4.99 Å². The molecule has 3 N–H and O–H groups in total. The third kappa shape index (κ3) is 8.06. The number of hydrogen-bond donors (Lipinski definition) is 3. The zero-order valence-electron chi connectivity index (χ0n) is 16.3. The predicted molar refractivity (Wildman–Crippen MR) is 128 cm³/mol. The van der Waals surface area contributed by atoms with E-state index in [1.54, 1.807) is 0 Å². The van der Waals surface area contributed by atoms with E-state index in [4.69, 9.17) is 11.6 Å². The van der Waals surface area contributed by atoms with Crippen molar-refractivity contribution in [2.75, 3.05) is 19.6 Å². The largest absolute Gasteiger partial charge is 0.357 e. The second kappa shape index (κ2) is 13.4. The number of halogens is 2. The minimum atomic E-state index is -0.0619. The van der Waals surface area contributed by atoms with E-state index in [0.717, 1.165) is 41.6 Å². The Bertz CT molecular complexity index is 783. The number of rotatable bonds is 8. The second-order valence-corrected chi connectivity index (χ2v) is 6.43. The normalized spacial score (nSPS) is 10.8. The van der Waals surface area contributed by atoms with E-state index in [1.165, 1.54) is 0 Å². The number of carbonyl (C=O) groups is 1. The molecular formula is C21H28ClIN4O. The first-order chi connectivity index (χ1) is 13.1. The molecule has 0 atom stereocenters. The van der Waals surface area contributed by atoms with E-state index in [9.17, 15) is 4.79 Å². The quantitative estimate of drug-likeness (QED) is 0.283. The van der Waals surface area contributed by atoms with Gasteiger partial charge in [-0.3, -0.25) is 4.79 Å². The number of aliphatic imine (C=N–C) groups is 1. The zero-order valence-corrected chi connectivity index (χ0v) is 19.4. The summed E-state index contributed by atoms with van der Waals surface area (Å²) in [4.78, 5) is 16.6. The highest BCUT2D eigenvalue weighted by Gasteiger charge is 2.05. The van der Waals surface area contributed by atoms with Gasteiger partial charge < -0.3 is 16.0 Å². The monoisotopic (exact) mass is 514 g/mol. The van der Waals surface area contributed by atoms with Crippen LogP contribution in [0.5, 0.6) is 0 Å². The van der Waals surface area contributed by atoms with Gasteiger partial charge in [0.2, 0.25) is 0 Å². The van der Waals surface area contributed by atoms with Crippen LogP contribution >= 0.6 is 35.6 Å². The Morgan fingerprint density at radius 3 is 2.46 bits per heavy atom. The Morgan fingerprint density at radius 2 is 1.75 bits per heavy atom. The fraction of sp³-hybridized carbons (Fsp3) is 0.333. The molecule has 0 fully saturated rings. The molecule has 0 aliphatic rings. The van der Waals surface area contributed by atoms with Gasteiger partial charge >= 0.3 is 0 Å². The van der Waals surface area contributed by atoms with Gasteiger partial charge in [-0.15, -0.1) is 24.0 Å². The average molecular weight is 515 g/mol. The fourth-order valence-electron chi connectivity index (χ4n) is 2.60. The highest BCUT2D eigenvalue weighted by atomic mass is 127. The Balaban J connectivity index is 0.00000392. The number of hydrogen-bond acceptors (Lipinski definition) is 2. The highest BCUT2D eigenvalue weighted by molar-refractivity contribution is 14.0. The van der Waals surface area contributed by atoms with Crippen molar-refractivity contribution in [2.45, 2.75) is 26.8 Å². The van der Waals surface area contributed by atoms with Gasteiger partial charge in [0.15, 0.2) is 5.96 Å². The molecule has 7 heteroatoms. The molecule has 0 aromatic heterocycles. The zero-order chi connectivity index (χ0) is 19.5. The minimum absolute atomic E-state index is 0. The Labute approximate surface area is 189 Å². The molecular weight excluding hydrogens is 487 g/mol. The van der Waals surface area contributed by atoms with Crippen LogP contribution in [0.15, 0.2) is 53.5 Å². The molecule has 152 valence electrons. The van der Waals surface area contributed by atoms with E-state index < -0.39 is 0 Å². The maximum Gasteiger partial charge on any atom is 0.251 e. The van der Waals surface area contributed by atoms with E-state index >= 15 is 0 Å². The van der Waals surface area contributed by atoms with Crippen molar-refractivity contribution in [3.63, 3.8) is 0 Å². The van der Waals surface area contributed by atoms with Crippen LogP contribution < -0.4 is 16.0 Å². The van der Waals surface area contributed by atoms with Crippen molar-refractivity contribution in [3.05, 3.63) is 70.2 Å². The van der Waals surface area contributed by atoms with Crippen LogP contribution in [0.25, 0.3) is 0 Å². The number of nitrogens with one attached hydrogen (secondary N) is 3. The number of nitrogens with zero attached hydrogens (tertiary/aromatic N) is 1. The predicted octanol–water partition coefficient (Wildman–Crippen LogP) is 4.01. The summed E-state index contributed by atoms with van der Waals surface area (Å²) in [6.45, 7) is 6.55. The van der Waals surface area contributed by atoms with Crippen LogP contribution in [0.4, 0.5) is 0 Å². The molecule has 0 bridgehead atoms. The summed E-state index contributed by atoms with van der Waals surface area (Å²) in [5.74, 6) is 0.682. The Morgan fingerprint density at radius 1 is 1.00 bits per heavy atom. The molecule has 0 spiro atoms. The van der Waals surface area contributed by atoms with Crippen molar-refractivity contribution in [1.82, 2.24) is 16.0 Å². The van der Waals surface area contributed by atoms with Crippen LogP contribution in [0.1, 0.15) is 35.3 Å². The third-order valence-electron chi connectivity index (χ3n) is 3.94. The molecule has 0 aliphatic carbocycles. The first-order valence-electron chi connectivity index (χ1n) is 9.26. The van der Waals surface area contributed by atoms with Gasteiger partial charge in [0.05, 0.1) is 6.54 Å². The van der Waals surface area contributed by atoms with Crippen LogP contribution in [-0.2, 0) is 13.0 Å². The molecule has 2 rings (SSSR count).